The van der Waals surface area contributed by atoms with Gasteiger partial charge in [-0.15, -0.1) is 0 Å². The van der Waals surface area contributed by atoms with Gasteiger partial charge < -0.3 is 0 Å². The maximum Gasteiger partial charge on any atom is 0.416 e. The molecule has 5 heteroatoms. The Morgan fingerprint density at radius 2 is 1.65 bits per heavy atom. The molecule has 31 heavy (non-hydrogen) atoms. The molecule has 0 N–H and O–H groups in total. The molecule has 1 fully saturated rings. The van der Waals surface area contributed by atoms with Crippen LogP contribution in [0.25, 0.3) is 0 Å². The number of nitriles is 1. The Labute approximate surface area is 183 Å². The molecule has 2 nitrogen and oxygen atoms in total. The summed E-state index contributed by atoms with van der Waals surface area (Å²) < 4.78 is 39.1. The van der Waals surface area contributed by atoms with Crippen LogP contribution in [-0.4, -0.2) is 18.0 Å². The molecule has 0 saturated heterocycles. The van der Waals surface area contributed by atoms with E-state index in [1.165, 1.54) is 17.7 Å². The third-order valence-corrected chi connectivity index (χ3v) is 6.97. The van der Waals surface area contributed by atoms with Gasteiger partial charge in [-0.05, 0) is 68.3 Å². The summed E-state index contributed by atoms with van der Waals surface area (Å²) in [6.07, 6.45) is 1.11. The fraction of sp³-hybridized carbons (Fsp3) is 0.500. The Morgan fingerprint density at radius 3 is 2.13 bits per heavy atom. The largest absolute Gasteiger partial charge is 0.416 e. The summed E-state index contributed by atoms with van der Waals surface area (Å²) in [5.74, 6) is 0.214. The number of benzene rings is 2. The van der Waals surface area contributed by atoms with Crippen LogP contribution in [0.5, 0.6) is 0 Å². The van der Waals surface area contributed by atoms with Gasteiger partial charge in [0.1, 0.15) is 0 Å². The number of nitrogens with zero attached hydrogens (tertiary/aromatic N) is 2. The van der Waals surface area contributed by atoms with Gasteiger partial charge >= 0.3 is 6.18 Å². The summed E-state index contributed by atoms with van der Waals surface area (Å²) in [5, 5.41) is 10.3. The molecular weight excluding hydrogens is 397 g/mol. The zero-order valence-electron chi connectivity index (χ0n) is 18.3. The van der Waals surface area contributed by atoms with Crippen LogP contribution in [-0.2, 0) is 18.1 Å². The third-order valence-electron chi connectivity index (χ3n) is 6.97. The third kappa shape index (κ3) is 5.30. The number of rotatable bonds is 9. The molecule has 0 amide bonds. The first-order valence-corrected chi connectivity index (χ1v) is 11.1. The van der Waals surface area contributed by atoms with Gasteiger partial charge in [-0.3, -0.25) is 4.90 Å². The highest BCUT2D eigenvalue weighted by Gasteiger charge is 2.44. The summed E-state index contributed by atoms with van der Waals surface area (Å²) in [6, 6.07) is 18.5. The topological polar surface area (TPSA) is 27.0 Å². The van der Waals surface area contributed by atoms with Crippen molar-refractivity contribution in [1.82, 2.24) is 4.90 Å². The second-order valence-electron chi connectivity index (χ2n) is 8.79. The van der Waals surface area contributed by atoms with Crippen LogP contribution in [0.3, 0.4) is 0 Å². The van der Waals surface area contributed by atoms with E-state index in [0.29, 0.717) is 12.5 Å². The molecule has 0 heterocycles. The molecule has 1 aliphatic rings. The highest BCUT2D eigenvalue weighted by Crippen LogP contribution is 2.47. The van der Waals surface area contributed by atoms with Crippen LogP contribution in [0.4, 0.5) is 13.2 Å². The van der Waals surface area contributed by atoms with E-state index in [1.807, 2.05) is 18.2 Å². The average Bonchev–Trinajstić information content (AvgIpc) is 2.72. The van der Waals surface area contributed by atoms with E-state index in [-0.39, 0.29) is 5.92 Å². The quantitative estimate of drug-likeness (QED) is 0.432. The zero-order chi connectivity index (χ0) is 22.5. The summed E-state index contributed by atoms with van der Waals surface area (Å²) in [5.41, 5.74) is 0.597. The molecule has 2 atom stereocenters. The van der Waals surface area contributed by atoms with E-state index in [9.17, 15) is 18.4 Å². The first-order chi connectivity index (χ1) is 14.8. The minimum Gasteiger partial charge on any atom is -0.299 e. The Hall–Kier alpha value is -2.32. The second-order valence-corrected chi connectivity index (χ2v) is 8.79. The fourth-order valence-electron chi connectivity index (χ4n) is 4.78. The maximum atomic E-state index is 13.0. The van der Waals surface area contributed by atoms with E-state index < -0.39 is 17.2 Å². The lowest BCUT2D eigenvalue weighted by Crippen LogP contribution is -2.40. The SMILES string of the molecule is CCC(CCC(C#N)(c1ccc(C(F)(F)F)cc1)C1CCC1)N(C)Cc1ccccc1. The van der Waals surface area contributed by atoms with Crippen molar-refractivity contribution in [2.45, 2.75) is 69.6 Å². The van der Waals surface area contributed by atoms with E-state index in [0.717, 1.165) is 56.3 Å². The number of halogens is 3. The molecule has 0 aromatic heterocycles. The van der Waals surface area contributed by atoms with Crippen molar-refractivity contribution in [2.24, 2.45) is 5.92 Å². The molecule has 0 bridgehead atoms. The zero-order valence-corrected chi connectivity index (χ0v) is 18.3. The summed E-state index contributed by atoms with van der Waals surface area (Å²) in [4.78, 5) is 2.32. The Kier molecular flexibility index (Phi) is 7.43. The highest BCUT2D eigenvalue weighted by atomic mass is 19.4. The van der Waals surface area contributed by atoms with Crippen molar-refractivity contribution >= 4 is 0 Å². The van der Waals surface area contributed by atoms with Crippen molar-refractivity contribution in [3.05, 3.63) is 71.3 Å². The van der Waals surface area contributed by atoms with Gasteiger partial charge in [-0.25, -0.2) is 0 Å². The Morgan fingerprint density at radius 1 is 1.03 bits per heavy atom. The van der Waals surface area contributed by atoms with E-state index in [2.05, 4.69) is 37.1 Å². The lowest BCUT2D eigenvalue weighted by Gasteiger charge is -2.42. The monoisotopic (exact) mass is 428 g/mol. The molecule has 2 aromatic carbocycles. The van der Waals surface area contributed by atoms with Crippen molar-refractivity contribution < 1.29 is 13.2 Å². The molecule has 1 saturated carbocycles. The van der Waals surface area contributed by atoms with Crippen molar-refractivity contribution in [3.8, 4) is 6.07 Å². The van der Waals surface area contributed by atoms with Gasteiger partial charge in [-0.2, -0.15) is 18.4 Å². The number of hydrogen-bond acceptors (Lipinski definition) is 2. The van der Waals surface area contributed by atoms with Gasteiger partial charge in [0.2, 0.25) is 0 Å². The van der Waals surface area contributed by atoms with E-state index in [1.54, 1.807) is 0 Å². The molecule has 0 aliphatic heterocycles. The summed E-state index contributed by atoms with van der Waals surface area (Å²) in [6.45, 7) is 2.99. The number of alkyl halides is 3. The molecule has 0 spiro atoms. The van der Waals surface area contributed by atoms with Crippen LogP contribution in [0, 0.1) is 17.2 Å². The minimum atomic E-state index is -4.36. The fourth-order valence-corrected chi connectivity index (χ4v) is 4.78. The van der Waals surface area contributed by atoms with Crippen LogP contribution in [0.1, 0.15) is 62.1 Å². The normalized spacial score (nSPS) is 17.6. The Bertz CT molecular complexity index is 866. The molecule has 2 unspecified atom stereocenters. The molecule has 1 aliphatic carbocycles. The van der Waals surface area contributed by atoms with Crippen LogP contribution < -0.4 is 0 Å². The average molecular weight is 429 g/mol. The first-order valence-electron chi connectivity index (χ1n) is 11.1. The Balaban J connectivity index is 1.78. The maximum absolute atomic E-state index is 13.0. The number of hydrogen-bond donors (Lipinski definition) is 0. The summed E-state index contributed by atoms with van der Waals surface area (Å²) in [7, 11) is 2.11. The van der Waals surface area contributed by atoms with E-state index >= 15 is 0 Å². The van der Waals surface area contributed by atoms with Crippen LogP contribution in [0.2, 0.25) is 0 Å². The minimum absolute atomic E-state index is 0.214. The van der Waals surface area contributed by atoms with Crippen LogP contribution >= 0.6 is 0 Å². The van der Waals surface area contributed by atoms with Gasteiger partial charge in [0, 0.05) is 12.6 Å². The van der Waals surface area contributed by atoms with Gasteiger partial charge in [0.05, 0.1) is 17.0 Å². The lowest BCUT2D eigenvalue weighted by molar-refractivity contribution is -0.137. The molecule has 2 aromatic rings. The predicted octanol–water partition coefficient (Wildman–Crippen LogP) is 6.96. The lowest BCUT2D eigenvalue weighted by atomic mass is 9.60. The molecule has 0 radical (unpaired) electrons. The first kappa shape index (κ1) is 23.3. The predicted molar refractivity (Wildman–Crippen MR) is 117 cm³/mol. The second kappa shape index (κ2) is 9.87. The molecule has 3 rings (SSSR count). The highest BCUT2D eigenvalue weighted by molar-refractivity contribution is 5.37. The molecular formula is C26H31F3N2. The van der Waals surface area contributed by atoms with Gasteiger partial charge in [-0.1, -0.05) is 55.8 Å². The van der Waals surface area contributed by atoms with Crippen molar-refractivity contribution in [2.75, 3.05) is 7.05 Å². The van der Waals surface area contributed by atoms with Crippen molar-refractivity contribution in [3.63, 3.8) is 0 Å². The van der Waals surface area contributed by atoms with Crippen LogP contribution in [0.15, 0.2) is 54.6 Å². The van der Waals surface area contributed by atoms with E-state index in [4.69, 9.17) is 0 Å². The van der Waals surface area contributed by atoms with Crippen molar-refractivity contribution in [1.29, 1.82) is 5.26 Å². The van der Waals surface area contributed by atoms with Gasteiger partial charge in [0.15, 0.2) is 0 Å². The summed E-state index contributed by atoms with van der Waals surface area (Å²) >= 11 is 0. The smallest absolute Gasteiger partial charge is 0.299 e. The standard InChI is InChI=1S/C26H31F3N2/c1-3-24(31(2)18-20-8-5-4-6-9-20)16-17-25(19-30,21-10-7-11-21)22-12-14-23(15-13-22)26(27,28)29/h4-6,8-9,12-15,21,24H,3,7,10-11,16-18H2,1-2H3. The van der Waals surface area contributed by atoms with Gasteiger partial charge in [0.25, 0.3) is 0 Å². The molecule has 166 valence electrons.